The Balaban J connectivity index is 0.00000144. The van der Waals surface area contributed by atoms with E-state index in [0.29, 0.717) is 12.5 Å². The summed E-state index contributed by atoms with van der Waals surface area (Å²) in [7, 11) is 0. The summed E-state index contributed by atoms with van der Waals surface area (Å²) in [5.74, 6) is 0.417. The third-order valence-electron chi connectivity index (χ3n) is 3.97. The van der Waals surface area contributed by atoms with Gasteiger partial charge >= 0.3 is 0 Å². The average Bonchev–Trinajstić information content (AvgIpc) is 3.03. The van der Waals surface area contributed by atoms with E-state index in [9.17, 15) is 4.79 Å². The van der Waals surface area contributed by atoms with Gasteiger partial charge in [-0.05, 0) is 37.1 Å². The van der Waals surface area contributed by atoms with Crippen LogP contribution in [-0.4, -0.2) is 33.8 Å². The first-order valence-electron chi connectivity index (χ1n) is 7.71. The Bertz CT molecular complexity index is 614. The molecule has 3 rings (SSSR count). The molecule has 2 N–H and O–H groups in total. The lowest BCUT2D eigenvalue weighted by molar-refractivity contribution is -0.122. The molecule has 2 aromatic heterocycles. The quantitative estimate of drug-likeness (QED) is 0.841. The van der Waals surface area contributed by atoms with E-state index in [4.69, 9.17) is 0 Å². The summed E-state index contributed by atoms with van der Waals surface area (Å²) >= 11 is 0. The standard InChI is InChI=1S/C16H21N5O.2ClH/c22-16(19-10-13-3-1-6-17-9-13)12-21-15(5-8-20-21)14-4-2-7-18-11-14;;/h1,3,5-6,8-9,14,18H,2,4,7,10-12H2,(H,19,22);2*1H. The van der Waals surface area contributed by atoms with Gasteiger partial charge in [-0.3, -0.25) is 14.5 Å². The van der Waals surface area contributed by atoms with Crippen molar-refractivity contribution in [3.8, 4) is 0 Å². The molecule has 1 atom stereocenters. The number of hydrogen-bond donors (Lipinski definition) is 2. The first kappa shape index (κ1) is 20.4. The van der Waals surface area contributed by atoms with E-state index in [0.717, 1.165) is 30.8 Å². The highest BCUT2D eigenvalue weighted by Gasteiger charge is 2.19. The third-order valence-corrected chi connectivity index (χ3v) is 3.97. The van der Waals surface area contributed by atoms with Crippen LogP contribution in [0, 0.1) is 0 Å². The van der Waals surface area contributed by atoms with Crippen LogP contribution in [0.1, 0.15) is 30.0 Å². The molecular weight excluding hydrogens is 349 g/mol. The molecule has 6 nitrogen and oxygen atoms in total. The second kappa shape index (κ2) is 10.3. The van der Waals surface area contributed by atoms with Crippen molar-refractivity contribution in [2.75, 3.05) is 13.1 Å². The number of hydrogen-bond acceptors (Lipinski definition) is 4. The van der Waals surface area contributed by atoms with E-state index in [1.165, 1.54) is 6.42 Å². The summed E-state index contributed by atoms with van der Waals surface area (Å²) in [6, 6.07) is 5.83. The maximum absolute atomic E-state index is 12.1. The van der Waals surface area contributed by atoms with Crippen molar-refractivity contribution < 1.29 is 4.79 Å². The van der Waals surface area contributed by atoms with Gasteiger partial charge in [0.25, 0.3) is 0 Å². The zero-order valence-electron chi connectivity index (χ0n) is 13.4. The monoisotopic (exact) mass is 371 g/mol. The van der Waals surface area contributed by atoms with Gasteiger partial charge in [0.15, 0.2) is 0 Å². The summed E-state index contributed by atoms with van der Waals surface area (Å²) < 4.78 is 1.82. The van der Waals surface area contributed by atoms with Gasteiger partial charge in [-0.1, -0.05) is 6.07 Å². The highest BCUT2D eigenvalue weighted by atomic mass is 35.5. The summed E-state index contributed by atoms with van der Waals surface area (Å²) in [5.41, 5.74) is 2.14. The van der Waals surface area contributed by atoms with Gasteiger partial charge in [0.1, 0.15) is 6.54 Å². The lowest BCUT2D eigenvalue weighted by Crippen LogP contribution is -2.32. The molecule has 1 aliphatic heterocycles. The van der Waals surface area contributed by atoms with Gasteiger partial charge in [-0.2, -0.15) is 5.10 Å². The number of piperidine rings is 1. The fourth-order valence-electron chi connectivity index (χ4n) is 2.82. The summed E-state index contributed by atoms with van der Waals surface area (Å²) in [6.45, 7) is 2.80. The van der Waals surface area contributed by atoms with Crippen LogP contribution < -0.4 is 10.6 Å². The van der Waals surface area contributed by atoms with Crippen molar-refractivity contribution in [1.29, 1.82) is 0 Å². The van der Waals surface area contributed by atoms with Crippen LogP contribution in [0.15, 0.2) is 36.8 Å². The molecule has 0 spiro atoms. The van der Waals surface area contributed by atoms with E-state index < -0.39 is 0 Å². The Morgan fingerprint density at radius 3 is 2.92 bits per heavy atom. The third kappa shape index (κ3) is 5.47. The number of rotatable bonds is 5. The first-order valence-corrected chi connectivity index (χ1v) is 7.71. The van der Waals surface area contributed by atoms with Gasteiger partial charge in [-0.25, -0.2) is 0 Å². The second-order valence-corrected chi connectivity index (χ2v) is 5.60. The van der Waals surface area contributed by atoms with Crippen molar-refractivity contribution in [1.82, 2.24) is 25.4 Å². The van der Waals surface area contributed by atoms with Gasteiger partial charge in [0, 0.05) is 43.3 Å². The smallest absolute Gasteiger partial charge is 0.242 e. The Morgan fingerprint density at radius 2 is 2.21 bits per heavy atom. The topological polar surface area (TPSA) is 71.8 Å². The molecule has 1 amide bonds. The number of nitrogens with zero attached hydrogens (tertiary/aromatic N) is 3. The van der Waals surface area contributed by atoms with Gasteiger partial charge in [-0.15, -0.1) is 24.8 Å². The van der Waals surface area contributed by atoms with E-state index >= 15 is 0 Å². The van der Waals surface area contributed by atoms with E-state index in [2.05, 4.69) is 20.7 Å². The molecule has 132 valence electrons. The number of carbonyl (C=O) groups excluding carboxylic acids is 1. The molecule has 0 bridgehead atoms. The average molecular weight is 372 g/mol. The molecule has 1 fully saturated rings. The molecule has 0 saturated carbocycles. The molecule has 0 radical (unpaired) electrons. The number of amides is 1. The van der Waals surface area contributed by atoms with Gasteiger partial charge < -0.3 is 10.6 Å². The van der Waals surface area contributed by atoms with Crippen LogP contribution in [0.25, 0.3) is 0 Å². The highest BCUT2D eigenvalue weighted by Crippen LogP contribution is 2.22. The minimum absolute atomic E-state index is 0. The molecular formula is C16H23Cl2N5O. The SMILES string of the molecule is Cl.Cl.O=C(Cn1nccc1C1CCCNC1)NCc1cccnc1. The van der Waals surface area contributed by atoms with Crippen molar-refractivity contribution in [2.24, 2.45) is 0 Å². The van der Waals surface area contributed by atoms with Crippen LogP contribution in [0.5, 0.6) is 0 Å². The Kier molecular flexibility index (Phi) is 8.74. The predicted molar refractivity (Wildman–Crippen MR) is 97.7 cm³/mol. The molecule has 2 aromatic rings. The molecule has 1 saturated heterocycles. The molecule has 24 heavy (non-hydrogen) atoms. The zero-order chi connectivity index (χ0) is 15.2. The van der Waals surface area contributed by atoms with Crippen LogP contribution >= 0.6 is 24.8 Å². The van der Waals surface area contributed by atoms with Gasteiger partial charge in [0.05, 0.1) is 0 Å². The lowest BCUT2D eigenvalue weighted by atomic mass is 9.96. The number of aromatic nitrogens is 3. The summed E-state index contributed by atoms with van der Waals surface area (Å²) in [5, 5.41) is 10.6. The van der Waals surface area contributed by atoms with Crippen LogP contribution in [0.4, 0.5) is 0 Å². The van der Waals surface area contributed by atoms with E-state index in [-0.39, 0.29) is 37.3 Å². The highest BCUT2D eigenvalue weighted by molar-refractivity contribution is 5.85. The maximum Gasteiger partial charge on any atom is 0.242 e. The van der Waals surface area contributed by atoms with Crippen LogP contribution in [0.2, 0.25) is 0 Å². The molecule has 8 heteroatoms. The minimum Gasteiger partial charge on any atom is -0.350 e. The van der Waals surface area contributed by atoms with E-state index in [1.54, 1.807) is 18.6 Å². The normalized spacial score (nSPS) is 16.6. The second-order valence-electron chi connectivity index (χ2n) is 5.60. The largest absolute Gasteiger partial charge is 0.350 e. The fourth-order valence-corrected chi connectivity index (χ4v) is 2.82. The number of nitrogens with one attached hydrogen (secondary N) is 2. The molecule has 3 heterocycles. The molecule has 0 aliphatic carbocycles. The molecule has 1 unspecified atom stereocenters. The number of carbonyl (C=O) groups is 1. The van der Waals surface area contributed by atoms with E-state index in [1.807, 2.05) is 22.9 Å². The minimum atomic E-state index is -0.0300. The van der Waals surface area contributed by atoms with Gasteiger partial charge in [0.2, 0.25) is 5.91 Å². The zero-order valence-corrected chi connectivity index (χ0v) is 15.0. The van der Waals surface area contributed by atoms with Crippen molar-refractivity contribution >= 4 is 30.7 Å². The van der Waals surface area contributed by atoms with Crippen LogP contribution in [0.3, 0.4) is 0 Å². The summed E-state index contributed by atoms with van der Waals surface area (Å²) in [6.07, 6.45) is 7.57. The molecule has 0 aromatic carbocycles. The van der Waals surface area contributed by atoms with Crippen LogP contribution in [-0.2, 0) is 17.9 Å². The number of pyridine rings is 1. The van der Waals surface area contributed by atoms with Crippen molar-refractivity contribution in [3.63, 3.8) is 0 Å². The van der Waals surface area contributed by atoms with Crippen molar-refractivity contribution in [2.45, 2.75) is 31.8 Å². The number of halogens is 2. The van der Waals surface area contributed by atoms with Crippen molar-refractivity contribution in [3.05, 3.63) is 48.0 Å². The Hall–Kier alpha value is -1.63. The fraction of sp³-hybridized carbons (Fsp3) is 0.438. The first-order chi connectivity index (χ1) is 10.8. The Morgan fingerprint density at radius 1 is 1.33 bits per heavy atom. The predicted octanol–water partition coefficient (Wildman–Crippen LogP) is 1.91. The lowest BCUT2D eigenvalue weighted by Gasteiger charge is -2.23. The summed E-state index contributed by atoms with van der Waals surface area (Å²) in [4.78, 5) is 16.1. The molecule has 1 aliphatic rings. The Labute approximate surface area is 154 Å². The maximum atomic E-state index is 12.1.